The SMILES string of the molecule is CCN(CC)C(=O)CSc1nc(N)c(NC(=O)c2ccccc2F)c(=O)[nH]1. The third-order valence-electron chi connectivity index (χ3n) is 3.73. The maximum absolute atomic E-state index is 13.7. The third-order valence-corrected chi connectivity index (χ3v) is 4.59. The van der Waals surface area contributed by atoms with E-state index in [0.29, 0.717) is 13.1 Å². The number of benzene rings is 1. The van der Waals surface area contributed by atoms with Crippen LogP contribution in [0.1, 0.15) is 24.2 Å². The van der Waals surface area contributed by atoms with Crippen molar-refractivity contribution in [1.82, 2.24) is 14.9 Å². The van der Waals surface area contributed by atoms with Crippen LogP contribution in [0.2, 0.25) is 0 Å². The smallest absolute Gasteiger partial charge is 0.277 e. The molecule has 0 unspecified atom stereocenters. The molecule has 0 saturated heterocycles. The van der Waals surface area contributed by atoms with E-state index in [1.807, 2.05) is 13.8 Å². The molecular formula is C17H20FN5O3S. The molecular weight excluding hydrogens is 373 g/mol. The number of thioether (sulfide) groups is 1. The summed E-state index contributed by atoms with van der Waals surface area (Å²) in [4.78, 5) is 44.5. The Morgan fingerprint density at radius 1 is 1.30 bits per heavy atom. The molecule has 144 valence electrons. The standard InChI is InChI=1S/C17H20FN5O3S/c1-3-23(4-2)12(24)9-27-17-21-14(19)13(16(26)22-17)20-15(25)10-7-5-6-8-11(10)18/h5-8H,3-4,9H2,1-2H3,(H,20,25)(H3,19,21,22,26). The van der Waals surface area contributed by atoms with E-state index in [1.54, 1.807) is 4.90 Å². The van der Waals surface area contributed by atoms with E-state index in [0.717, 1.165) is 17.8 Å². The first kappa shape index (κ1) is 20.4. The first-order valence-electron chi connectivity index (χ1n) is 8.23. The van der Waals surface area contributed by atoms with Gasteiger partial charge in [-0.05, 0) is 26.0 Å². The largest absolute Gasteiger partial charge is 0.382 e. The second kappa shape index (κ2) is 9.17. The lowest BCUT2D eigenvalue weighted by Crippen LogP contribution is -2.32. The molecule has 8 nitrogen and oxygen atoms in total. The fourth-order valence-electron chi connectivity index (χ4n) is 2.28. The van der Waals surface area contributed by atoms with E-state index in [-0.39, 0.29) is 33.9 Å². The highest BCUT2D eigenvalue weighted by Gasteiger charge is 2.17. The summed E-state index contributed by atoms with van der Waals surface area (Å²) in [5.41, 5.74) is 4.57. The van der Waals surface area contributed by atoms with Crippen LogP contribution in [0.3, 0.4) is 0 Å². The molecule has 27 heavy (non-hydrogen) atoms. The van der Waals surface area contributed by atoms with Crippen molar-refractivity contribution in [3.63, 3.8) is 0 Å². The predicted molar refractivity (Wildman–Crippen MR) is 102 cm³/mol. The number of hydrogen-bond donors (Lipinski definition) is 3. The minimum atomic E-state index is -0.816. The highest BCUT2D eigenvalue weighted by atomic mass is 32.2. The van der Waals surface area contributed by atoms with Crippen LogP contribution in [0.4, 0.5) is 15.9 Å². The van der Waals surface area contributed by atoms with Gasteiger partial charge in [-0.15, -0.1) is 0 Å². The lowest BCUT2D eigenvalue weighted by molar-refractivity contribution is -0.127. The van der Waals surface area contributed by atoms with Crippen LogP contribution in [0.5, 0.6) is 0 Å². The van der Waals surface area contributed by atoms with Gasteiger partial charge in [-0.2, -0.15) is 0 Å². The fourth-order valence-corrected chi connectivity index (χ4v) is 3.05. The summed E-state index contributed by atoms with van der Waals surface area (Å²) in [7, 11) is 0. The van der Waals surface area contributed by atoms with Crippen LogP contribution >= 0.6 is 11.8 Å². The average Bonchev–Trinajstić information content (AvgIpc) is 2.64. The number of aromatic nitrogens is 2. The number of amides is 2. The molecule has 2 amide bonds. The topological polar surface area (TPSA) is 121 Å². The van der Waals surface area contributed by atoms with Crippen molar-refractivity contribution in [2.45, 2.75) is 19.0 Å². The Balaban J connectivity index is 2.13. The van der Waals surface area contributed by atoms with Gasteiger partial charge in [0.15, 0.2) is 11.0 Å². The van der Waals surface area contributed by atoms with Gasteiger partial charge in [0.05, 0.1) is 11.3 Å². The number of H-pyrrole nitrogens is 1. The number of nitrogens with zero attached hydrogens (tertiary/aromatic N) is 2. The van der Waals surface area contributed by atoms with Crippen molar-refractivity contribution in [2.75, 3.05) is 29.9 Å². The number of nitrogens with one attached hydrogen (secondary N) is 2. The zero-order chi connectivity index (χ0) is 20.0. The van der Waals surface area contributed by atoms with Gasteiger partial charge in [0.25, 0.3) is 11.5 Å². The summed E-state index contributed by atoms with van der Waals surface area (Å²) < 4.78 is 13.7. The van der Waals surface area contributed by atoms with E-state index < -0.39 is 17.3 Å². The van der Waals surface area contributed by atoms with Gasteiger partial charge in [-0.25, -0.2) is 9.37 Å². The second-order valence-electron chi connectivity index (χ2n) is 5.42. The number of carbonyl (C=O) groups excluding carboxylic acids is 2. The van der Waals surface area contributed by atoms with E-state index in [9.17, 15) is 18.8 Å². The minimum absolute atomic E-state index is 0.0883. The zero-order valence-corrected chi connectivity index (χ0v) is 15.7. The molecule has 0 bridgehead atoms. The lowest BCUT2D eigenvalue weighted by atomic mass is 10.2. The van der Waals surface area contributed by atoms with Gasteiger partial charge in [0, 0.05) is 13.1 Å². The van der Waals surface area contributed by atoms with Gasteiger partial charge >= 0.3 is 0 Å². The molecule has 4 N–H and O–H groups in total. The molecule has 10 heteroatoms. The first-order chi connectivity index (χ1) is 12.9. The fraction of sp³-hybridized carbons (Fsp3) is 0.294. The zero-order valence-electron chi connectivity index (χ0n) is 14.9. The number of rotatable bonds is 7. The third kappa shape index (κ3) is 5.07. The summed E-state index contributed by atoms with van der Waals surface area (Å²) in [5, 5.41) is 2.42. The molecule has 1 heterocycles. The molecule has 0 radical (unpaired) electrons. The first-order valence-corrected chi connectivity index (χ1v) is 9.22. The van der Waals surface area contributed by atoms with Crippen LogP contribution in [0.15, 0.2) is 34.2 Å². The molecule has 0 spiro atoms. The van der Waals surface area contributed by atoms with E-state index in [4.69, 9.17) is 5.73 Å². The molecule has 0 aliphatic heterocycles. The molecule has 2 aromatic rings. The van der Waals surface area contributed by atoms with Crippen molar-refractivity contribution < 1.29 is 14.0 Å². The molecule has 1 aromatic heterocycles. The second-order valence-corrected chi connectivity index (χ2v) is 6.38. The summed E-state index contributed by atoms with van der Waals surface area (Å²) in [6, 6.07) is 5.36. The number of hydrogen-bond acceptors (Lipinski definition) is 6. The Hall–Kier alpha value is -2.88. The van der Waals surface area contributed by atoms with Crippen molar-refractivity contribution in [3.8, 4) is 0 Å². The van der Waals surface area contributed by atoms with Gasteiger partial charge in [-0.1, -0.05) is 23.9 Å². The number of carbonyl (C=O) groups is 2. The monoisotopic (exact) mass is 393 g/mol. The van der Waals surface area contributed by atoms with Crippen LogP contribution in [-0.4, -0.2) is 45.5 Å². The minimum Gasteiger partial charge on any atom is -0.382 e. The lowest BCUT2D eigenvalue weighted by Gasteiger charge is -2.18. The van der Waals surface area contributed by atoms with Gasteiger partial charge in [0.2, 0.25) is 5.91 Å². The van der Waals surface area contributed by atoms with Gasteiger partial charge in [-0.3, -0.25) is 19.4 Å². The Bertz CT molecular complexity index is 898. The number of anilines is 2. The number of nitrogens with two attached hydrogens (primary N) is 1. The molecule has 0 atom stereocenters. The Morgan fingerprint density at radius 3 is 2.56 bits per heavy atom. The quantitative estimate of drug-likeness (QED) is 0.486. The Morgan fingerprint density at radius 2 is 1.96 bits per heavy atom. The van der Waals surface area contributed by atoms with Crippen molar-refractivity contribution in [2.24, 2.45) is 0 Å². The van der Waals surface area contributed by atoms with E-state index in [2.05, 4.69) is 15.3 Å². The van der Waals surface area contributed by atoms with Crippen molar-refractivity contribution in [3.05, 3.63) is 46.0 Å². The summed E-state index contributed by atoms with van der Waals surface area (Å²) in [5.74, 6) is -1.76. The Labute approximate surface area is 159 Å². The summed E-state index contributed by atoms with van der Waals surface area (Å²) in [6.45, 7) is 4.92. The number of aromatic amines is 1. The van der Waals surface area contributed by atoms with Crippen LogP contribution in [-0.2, 0) is 4.79 Å². The Kier molecular flexibility index (Phi) is 6.94. The molecule has 0 fully saturated rings. The van der Waals surface area contributed by atoms with Crippen LogP contribution in [0, 0.1) is 5.82 Å². The molecule has 0 aliphatic carbocycles. The van der Waals surface area contributed by atoms with E-state index >= 15 is 0 Å². The average molecular weight is 393 g/mol. The molecule has 2 rings (SSSR count). The summed E-state index contributed by atoms with van der Waals surface area (Å²) in [6.07, 6.45) is 0. The maximum atomic E-state index is 13.7. The number of halogens is 1. The van der Waals surface area contributed by atoms with Gasteiger partial charge < -0.3 is 16.0 Å². The molecule has 0 saturated carbocycles. The highest BCUT2D eigenvalue weighted by molar-refractivity contribution is 7.99. The van der Waals surface area contributed by atoms with Crippen LogP contribution in [0.25, 0.3) is 0 Å². The normalized spacial score (nSPS) is 10.5. The van der Waals surface area contributed by atoms with Crippen LogP contribution < -0.4 is 16.6 Å². The van der Waals surface area contributed by atoms with Crippen molar-refractivity contribution >= 4 is 35.1 Å². The van der Waals surface area contributed by atoms with E-state index in [1.165, 1.54) is 18.2 Å². The number of nitrogen functional groups attached to an aromatic ring is 1. The molecule has 0 aliphatic rings. The highest BCUT2D eigenvalue weighted by Crippen LogP contribution is 2.18. The van der Waals surface area contributed by atoms with Crippen molar-refractivity contribution in [1.29, 1.82) is 0 Å². The van der Waals surface area contributed by atoms with Gasteiger partial charge in [0.1, 0.15) is 11.5 Å². The molecule has 1 aromatic carbocycles. The maximum Gasteiger partial charge on any atom is 0.277 e. The summed E-state index contributed by atoms with van der Waals surface area (Å²) >= 11 is 1.03. The predicted octanol–water partition coefficient (Wildman–Crippen LogP) is 1.70.